The van der Waals surface area contributed by atoms with Crippen LogP contribution in [0.3, 0.4) is 0 Å². The van der Waals surface area contributed by atoms with Gasteiger partial charge in [0.25, 0.3) is 0 Å². The molecule has 3 nitrogen and oxygen atoms in total. The highest BCUT2D eigenvalue weighted by Gasteiger charge is 2.20. The van der Waals surface area contributed by atoms with E-state index in [1.165, 1.54) is 0 Å². The molecule has 0 radical (unpaired) electrons. The summed E-state index contributed by atoms with van der Waals surface area (Å²) in [7, 11) is 1.63. The maximum atomic E-state index is 9.78. The third kappa shape index (κ3) is 1.48. The van der Waals surface area contributed by atoms with Crippen molar-refractivity contribution in [3.63, 3.8) is 0 Å². The maximum Gasteiger partial charge on any atom is 0.140 e. The van der Waals surface area contributed by atoms with Crippen molar-refractivity contribution in [3.05, 3.63) is 23.0 Å². The third-order valence-electron chi connectivity index (χ3n) is 2.75. The van der Waals surface area contributed by atoms with Crippen LogP contribution in [0.5, 0.6) is 5.75 Å². The van der Waals surface area contributed by atoms with Crippen LogP contribution in [0.2, 0.25) is 0 Å². The fourth-order valence-electron chi connectivity index (χ4n) is 1.96. The molecule has 1 N–H and O–H groups in total. The Hall–Kier alpha value is -1.09. The van der Waals surface area contributed by atoms with Crippen molar-refractivity contribution in [1.29, 1.82) is 0 Å². The molecule has 1 aliphatic rings. The average Bonchev–Trinajstić information content (AvgIpc) is 2.17. The second-order valence-corrected chi connectivity index (χ2v) is 3.72. The number of rotatable bonds is 1. The fraction of sp³-hybridized carbons (Fsp3) is 0.545. The van der Waals surface area contributed by atoms with Crippen LogP contribution in [0.1, 0.15) is 35.9 Å². The molecule has 3 heteroatoms. The summed E-state index contributed by atoms with van der Waals surface area (Å²) in [5.74, 6) is 0.768. The first-order valence-electron chi connectivity index (χ1n) is 4.95. The second-order valence-electron chi connectivity index (χ2n) is 3.72. The average molecular weight is 193 g/mol. The van der Waals surface area contributed by atoms with E-state index in [0.29, 0.717) is 0 Å². The van der Waals surface area contributed by atoms with Gasteiger partial charge in [0.05, 0.1) is 18.9 Å². The zero-order valence-electron chi connectivity index (χ0n) is 8.58. The number of pyridine rings is 1. The molecule has 1 atom stereocenters. The highest BCUT2D eigenvalue weighted by atomic mass is 16.5. The minimum Gasteiger partial charge on any atom is -0.495 e. The van der Waals surface area contributed by atoms with Gasteiger partial charge >= 0.3 is 0 Å². The molecule has 0 spiro atoms. The number of aryl methyl sites for hydroxylation is 2. The minimum absolute atomic E-state index is 0.360. The van der Waals surface area contributed by atoms with Crippen LogP contribution in [0.15, 0.2) is 6.07 Å². The molecule has 0 amide bonds. The predicted molar refractivity (Wildman–Crippen MR) is 53.4 cm³/mol. The van der Waals surface area contributed by atoms with Crippen molar-refractivity contribution < 1.29 is 9.84 Å². The molecule has 1 aromatic heterocycles. The van der Waals surface area contributed by atoms with Crippen molar-refractivity contribution in [2.45, 2.75) is 32.3 Å². The molecule has 1 heterocycles. The molecule has 2 rings (SSSR count). The van der Waals surface area contributed by atoms with Gasteiger partial charge in [0.2, 0.25) is 0 Å². The summed E-state index contributed by atoms with van der Waals surface area (Å²) < 4.78 is 5.19. The molecule has 0 bridgehead atoms. The molecule has 0 saturated carbocycles. The number of fused-ring (bicyclic) bond motifs is 1. The Balaban J connectivity index is 2.49. The van der Waals surface area contributed by atoms with Crippen LogP contribution in [0.4, 0.5) is 0 Å². The standard InChI is InChI=1S/C11H15NO2/c1-7-11(14-2)6-8-9(12-7)4-3-5-10(8)13/h6,10,13H,3-5H2,1-2H3. The monoisotopic (exact) mass is 193 g/mol. The number of nitrogens with zero attached hydrogens (tertiary/aromatic N) is 1. The summed E-state index contributed by atoms with van der Waals surface area (Å²) in [6.07, 6.45) is 2.46. The summed E-state index contributed by atoms with van der Waals surface area (Å²) >= 11 is 0. The van der Waals surface area contributed by atoms with Crippen LogP contribution in [-0.4, -0.2) is 17.2 Å². The summed E-state index contributed by atoms with van der Waals surface area (Å²) in [5, 5.41) is 9.78. The molecule has 1 aromatic rings. The van der Waals surface area contributed by atoms with Crippen LogP contribution >= 0.6 is 0 Å². The van der Waals surface area contributed by atoms with Crippen LogP contribution in [0.25, 0.3) is 0 Å². The number of ether oxygens (including phenoxy) is 1. The van der Waals surface area contributed by atoms with Gasteiger partial charge in [-0.1, -0.05) is 0 Å². The first-order valence-corrected chi connectivity index (χ1v) is 4.95. The minimum atomic E-state index is -0.360. The van der Waals surface area contributed by atoms with Crippen molar-refractivity contribution in [1.82, 2.24) is 4.98 Å². The van der Waals surface area contributed by atoms with E-state index in [-0.39, 0.29) is 6.10 Å². The highest BCUT2D eigenvalue weighted by molar-refractivity contribution is 5.37. The van der Waals surface area contributed by atoms with Crippen molar-refractivity contribution >= 4 is 0 Å². The number of aliphatic hydroxyl groups is 1. The van der Waals surface area contributed by atoms with E-state index >= 15 is 0 Å². The quantitative estimate of drug-likeness (QED) is 0.739. The fourth-order valence-corrected chi connectivity index (χ4v) is 1.96. The molecule has 76 valence electrons. The smallest absolute Gasteiger partial charge is 0.140 e. The number of hydrogen-bond acceptors (Lipinski definition) is 3. The molecule has 0 aliphatic heterocycles. The van der Waals surface area contributed by atoms with Gasteiger partial charge in [-0.2, -0.15) is 0 Å². The zero-order valence-corrected chi connectivity index (χ0v) is 8.58. The van der Waals surface area contributed by atoms with E-state index in [2.05, 4.69) is 4.98 Å². The van der Waals surface area contributed by atoms with Gasteiger partial charge in [0, 0.05) is 11.3 Å². The second kappa shape index (κ2) is 3.58. The lowest BCUT2D eigenvalue weighted by atomic mass is 9.93. The van der Waals surface area contributed by atoms with Gasteiger partial charge in [-0.05, 0) is 32.3 Å². The first-order chi connectivity index (χ1) is 6.72. The SMILES string of the molecule is COc1cc2c(nc1C)CCCC2O. The molecule has 1 unspecified atom stereocenters. The lowest BCUT2D eigenvalue weighted by Gasteiger charge is -2.21. The van der Waals surface area contributed by atoms with E-state index in [1.54, 1.807) is 7.11 Å². The Morgan fingerprint density at radius 2 is 2.36 bits per heavy atom. The molecule has 0 saturated heterocycles. The largest absolute Gasteiger partial charge is 0.495 e. The predicted octanol–water partition coefficient (Wildman–Crippen LogP) is 1.77. The van der Waals surface area contributed by atoms with Crippen LogP contribution in [0, 0.1) is 6.92 Å². The molecule has 14 heavy (non-hydrogen) atoms. The van der Waals surface area contributed by atoms with Gasteiger partial charge in [-0.25, -0.2) is 0 Å². The normalized spacial score (nSPS) is 20.4. The van der Waals surface area contributed by atoms with Gasteiger partial charge in [-0.3, -0.25) is 4.98 Å². The summed E-state index contributed by atoms with van der Waals surface area (Å²) in [5.41, 5.74) is 2.88. The summed E-state index contributed by atoms with van der Waals surface area (Å²) in [4.78, 5) is 4.45. The van der Waals surface area contributed by atoms with Gasteiger partial charge in [0.1, 0.15) is 5.75 Å². The van der Waals surface area contributed by atoms with E-state index < -0.39 is 0 Å². The van der Waals surface area contributed by atoms with Crippen LogP contribution < -0.4 is 4.74 Å². The Bertz CT molecular complexity index is 349. The molecule has 0 fully saturated rings. The first kappa shape index (κ1) is 9.46. The summed E-state index contributed by atoms with van der Waals surface area (Å²) in [6, 6.07) is 1.92. The molecule has 1 aliphatic carbocycles. The maximum absolute atomic E-state index is 9.78. The van der Waals surface area contributed by atoms with Crippen LogP contribution in [-0.2, 0) is 6.42 Å². The topological polar surface area (TPSA) is 42.4 Å². The van der Waals surface area contributed by atoms with Crippen molar-refractivity contribution in [2.75, 3.05) is 7.11 Å². The van der Waals surface area contributed by atoms with E-state index in [1.807, 2.05) is 13.0 Å². The Morgan fingerprint density at radius 3 is 3.07 bits per heavy atom. The molecule has 0 aromatic carbocycles. The molecular weight excluding hydrogens is 178 g/mol. The number of hydrogen-bond donors (Lipinski definition) is 1. The Morgan fingerprint density at radius 1 is 1.57 bits per heavy atom. The van der Waals surface area contributed by atoms with E-state index in [0.717, 1.165) is 42.0 Å². The summed E-state index contributed by atoms with van der Waals surface area (Å²) in [6.45, 7) is 1.93. The number of methoxy groups -OCH3 is 1. The Labute approximate surface area is 83.7 Å². The number of aromatic nitrogens is 1. The molecular formula is C11H15NO2. The Kier molecular flexibility index (Phi) is 2.42. The lowest BCUT2D eigenvalue weighted by molar-refractivity contribution is 0.155. The lowest BCUT2D eigenvalue weighted by Crippen LogP contribution is -2.12. The van der Waals surface area contributed by atoms with E-state index in [9.17, 15) is 5.11 Å². The zero-order chi connectivity index (χ0) is 10.1. The van der Waals surface area contributed by atoms with Crippen molar-refractivity contribution in [2.24, 2.45) is 0 Å². The third-order valence-corrected chi connectivity index (χ3v) is 2.75. The highest BCUT2D eigenvalue weighted by Crippen LogP contribution is 2.32. The van der Waals surface area contributed by atoms with Gasteiger partial charge in [-0.15, -0.1) is 0 Å². The van der Waals surface area contributed by atoms with Crippen molar-refractivity contribution in [3.8, 4) is 5.75 Å². The van der Waals surface area contributed by atoms with Gasteiger partial charge < -0.3 is 9.84 Å². The van der Waals surface area contributed by atoms with Gasteiger partial charge in [0.15, 0.2) is 0 Å². The van der Waals surface area contributed by atoms with E-state index in [4.69, 9.17) is 4.74 Å². The number of aliphatic hydroxyl groups excluding tert-OH is 1.